The topological polar surface area (TPSA) is 38.7 Å². The summed E-state index contributed by atoms with van der Waals surface area (Å²) >= 11 is 0. The first-order chi connectivity index (χ1) is 8.65. The molecule has 1 aromatic rings. The van der Waals surface area contributed by atoms with E-state index in [1.165, 1.54) is 5.56 Å². The van der Waals surface area contributed by atoms with Crippen molar-refractivity contribution in [3.05, 3.63) is 35.4 Å². The van der Waals surface area contributed by atoms with E-state index in [0.717, 1.165) is 12.0 Å². The van der Waals surface area contributed by atoms with Gasteiger partial charge in [-0.15, -0.1) is 0 Å². The molecule has 0 amide bonds. The second-order valence-electron chi connectivity index (χ2n) is 5.02. The summed E-state index contributed by atoms with van der Waals surface area (Å²) < 4.78 is 5.25. The number of hydrogen-bond donors (Lipinski definition) is 0. The minimum absolute atomic E-state index is 0.0757. The Morgan fingerprint density at radius 1 is 1.33 bits per heavy atom. The Hall–Kier alpha value is -1.64. The van der Waals surface area contributed by atoms with Crippen LogP contribution in [0.1, 0.15) is 36.2 Å². The van der Waals surface area contributed by atoms with Crippen LogP contribution in [0, 0.1) is 5.92 Å². The first-order valence-electron chi connectivity index (χ1n) is 6.43. The summed E-state index contributed by atoms with van der Waals surface area (Å²) in [4.78, 5) is 16.1. The molecule has 0 saturated carbocycles. The zero-order chi connectivity index (χ0) is 13.0. The van der Waals surface area contributed by atoms with Gasteiger partial charge in [0.2, 0.25) is 0 Å². The largest absolute Gasteiger partial charge is 0.479 e. The molecule has 1 aliphatic heterocycles. The minimum Gasteiger partial charge on any atom is -0.479 e. The predicted molar refractivity (Wildman–Crippen MR) is 72.2 cm³/mol. The van der Waals surface area contributed by atoms with Crippen molar-refractivity contribution < 1.29 is 9.53 Å². The number of nitrogens with zero attached hydrogens (tertiary/aromatic N) is 1. The van der Waals surface area contributed by atoms with E-state index in [-0.39, 0.29) is 12.2 Å². The lowest BCUT2D eigenvalue weighted by Crippen LogP contribution is -2.08. The van der Waals surface area contributed by atoms with Gasteiger partial charge in [0.15, 0.2) is 11.7 Å². The lowest BCUT2D eigenvalue weighted by molar-refractivity contribution is 0.0994. The molecule has 3 nitrogen and oxygen atoms in total. The smallest absolute Gasteiger partial charge is 0.191 e. The first kappa shape index (κ1) is 12.8. The summed E-state index contributed by atoms with van der Waals surface area (Å²) in [6, 6.07) is 7.86. The normalized spacial score (nSPS) is 14.5. The minimum atomic E-state index is 0.0757. The van der Waals surface area contributed by atoms with Crippen molar-refractivity contribution in [3.63, 3.8) is 0 Å². The van der Waals surface area contributed by atoms with Crippen LogP contribution < -0.4 is 0 Å². The number of benzene rings is 1. The number of aliphatic imine (C=N–C) groups is 1. The molecule has 0 aliphatic carbocycles. The van der Waals surface area contributed by atoms with Crippen LogP contribution in [-0.4, -0.2) is 24.8 Å². The maximum Gasteiger partial charge on any atom is 0.191 e. The van der Waals surface area contributed by atoms with Gasteiger partial charge in [-0.05, 0) is 17.9 Å². The van der Waals surface area contributed by atoms with Crippen molar-refractivity contribution in [1.29, 1.82) is 0 Å². The molecule has 0 aromatic heterocycles. The fraction of sp³-hybridized carbons (Fsp3) is 0.467. The van der Waals surface area contributed by atoms with E-state index >= 15 is 0 Å². The molecule has 1 aromatic carbocycles. The van der Waals surface area contributed by atoms with Crippen LogP contribution in [0.25, 0.3) is 0 Å². The van der Waals surface area contributed by atoms with Crippen LogP contribution in [-0.2, 0) is 11.2 Å². The third kappa shape index (κ3) is 3.42. The highest BCUT2D eigenvalue weighted by Gasteiger charge is 2.14. The SMILES string of the molecule is CC(C)Cc1ccc(C(=O)CC2=NCCO2)cc1. The van der Waals surface area contributed by atoms with Crippen molar-refractivity contribution in [1.82, 2.24) is 0 Å². The van der Waals surface area contributed by atoms with Crippen LogP contribution in [0.3, 0.4) is 0 Å². The molecule has 1 heterocycles. The number of ether oxygens (including phenoxy) is 1. The second-order valence-corrected chi connectivity index (χ2v) is 5.02. The van der Waals surface area contributed by atoms with Gasteiger partial charge in [-0.2, -0.15) is 0 Å². The lowest BCUT2D eigenvalue weighted by Gasteiger charge is -2.06. The Morgan fingerprint density at radius 2 is 2.06 bits per heavy atom. The van der Waals surface area contributed by atoms with Crippen molar-refractivity contribution in [2.75, 3.05) is 13.2 Å². The highest BCUT2D eigenvalue weighted by Crippen LogP contribution is 2.12. The number of carbonyl (C=O) groups is 1. The molecular formula is C15H19NO2. The number of hydrogen-bond acceptors (Lipinski definition) is 3. The molecule has 3 heteroatoms. The zero-order valence-electron chi connectivity index (χ0n) is 11.0. The molecule has 0 N–H and O–H groups in total. The van der Waals surface area contributed by atoms with E-state index in [1.807, 2.05) is 24.3 Å². The van der Waals surface area contributed by atoms with Gasteiger partial charge < -0.3 is 4.74 Å². The van der Waals surface area contributed by atoms with Gasteiger partial charge in [-0.25, -0.2) is 0 Å². The summed E-state index contributed by atoms with van der Waals surface area (Å²) in [6.07, 6.45) is 1.33. The van der Waals surface area contributed by atoms with E-state index in [1.54, 1.807) is 0 Å². The van der Waals surface area contributed by atoms with E-state index < -0.39 is 0 Å². The van der Waals surface area contributed by atoms with Gasteiger partial charge >= 0.3 is 0 Å². The third-order valence-electron chi connectivity index (χ3n) is 2.88. The van der Waals surface area contributed by atoms with Crippen molar-refractivity contribution >= 4 is 11.7 Å². The number of carbonyl (C=O) groups excluding carboxylic acids is 1. The quantitative estimate of drug-likeness (QED) is 0.748. The summed E-state index contributed by atoms with van der Waals surface area (Å²) in [5.41, 5.74) is 2.01. The molecule has 2 rings (SSSR count). The Bertz CT molecular complexity index is 446. The van der Waals surface area contributed by atoms with Crippen LogP contribution in [0.5, 0.6) is 0 Å². The zero-order valence-corrected chi connectivity index (χ0v) is 11.0. The number of Topliss-reactive ketones (excluding diaryl/α,β-unsaturated/α-hetero) is 1. The Morgan fingerprint density at radius 3 is 2.61 bits per heavy atom. The molecule has 96 valence electrons. The molecule has 0 fully saturated rings. The van der Waals surface area contributed by atoms with Gasteiger partial charge in [0, 0.05) is 5.56 Å². The Labute approximate surface area is 108 Å². The molecular weight excluding hydrogens is 226 g/mol. The van der Waals surface area contributed by atoms with Crippen molar-refractivity contribution in [3.8, 4) is 0 Å². The fourth-order valence-corrected chi connectivity index (χ4v) is 2.02. The number of rotatable bonds is 5. The van der Waals surface area contributed by atoms with Crippen LogP contribution >= 0.6 is 0 Å². The van der Waals surface area contributed by atoms with E-state index in [0.29, 0.717) is 25.0 Å². The monoisotopic (exact) mass is 245 g/mol. The molecule has 0 atom stereocenters. The molecule has 0 saturated heterocycles. The standard InChI is InChI=1S/C15H19NO2/c1-11(2)9-12-3-5-13(6-4-12)14(17)10-15-16-7-8-18-15/h3-6,11H,7-10H2,1-2H3. The highest BCUT2D eigenvalue weighted by molar-refractivity contribution is 6.07. The van der Waals surface area contributed by atoms with Gasteiger partial charge in [-0.1, -0.05) is 38.1 Å². The summed E-state index contributed by atoms with van der Waals surface area (Å²) in [5.74, 6) is 1.28. The number of ketones is 1. The van der Waals surface area contributed by atoms with Gasteiger partial charge in [0.25, 0.3) is 0 Å². The van der Waals surface area contributed by atoms with E-state index in [9.17, 15) is 4.79 Å². The van der Waals surface area contributed by atoms with E-state index in [2.05, 4.69) is 18.8 Å². The van der Waals surface area contributed by atoms with Crippen LogP contribution in [0.2, 0.25) is 0 Å². The second kappa shape index (κ2) is 5.80. The molecule has 1 aliphatic rings. The average molecular weight is 245 g/mol. The maximum atomic E-state index is 12.0. The highest BCUT2D eigenvalue weighted by atomic mass is 16.5. The van der Waals surface area contributed by atoms with Gasteiger partial charge in [0.05, 0.1) is 13.0 Å². The summed E-state index contributed by atoms with van der Waals surface area (Å²) in [5, 5.41) is 0. The Kier molecular flexibility index (Phi) is 4.13. The molecule has 0 bridgehead atoms. The molecule has 0 unspecified atom stereocenters. The molecule has 0 spiro atoms. The van der Waals surface area contributed by atoms with Crippen molar-refractivity contribution in [2.24, 2.45) is 10.9 Å². The summed E-state index contributed by atoms with van der Waals surface area (Å²) in [6.45, 7) is 5.66. The first-order valence-corrected chi connectivity index (χ1v) is 6.43. The molecule has 18 heavy (non-hydrogen) atoms. The van der Waals surface area contributed by atoms with Gasteiger partial charge in [-0.3, -0.25) is 9.79 Å². The lowest BCUT2D eigenvalue weighted by atomic mass is 10.00. The van der Waals surface area contributed by atoms with E-state index in [4.69, 9.17) is 4.74 Å². The fourth-order valence-electron chi connectivity index (χ4n) is 2.02. The van der Waals surface area contributed by atoms with Gasteiger partial charge in [0.1, 0.15) is 6.61 Å². The van der Waals surface area contributed by atoms with Crippen LogP contribution in [0.15, 0.2) is 29.3 Å². The van der Waals surface area contributed by atoms with Crippen LogP contribution in [0.4, 0.5) is 0 Å². The third-order valence-corrected chi connectivity index (χ3v) is 2.88. The maximum absolute atomic E-state index is 12.0. The predicted octanol–water partition coefficient (Wildman–Crippen LogP) is 2.89. The Balaban J connectivity index is 1.98. The average Bonchev–Trinajstić information content (AvgIpc) is 2.82. The van der Waals surface area contributed by atoms with Crippen molar-refractivity contribution in [2.45, 2.75) is 26.7 Å². The summed E-state index contributed by atoms with van der Waals surface area (Å²) in [7, 11) is 0. The molecule has 0 radical (unpaired) electrons.